The monoisotopic (exact) mass is 340 g/mol. The lowest BCUT2D eigenvalue weighted by Gasteiger charge is -2.17. The van der Waals surface area contributed by atoms with E-state index in [1.54, 1.807) is 35.2 Å². The molecule has 0 saturated heterocycles. The quantitative estimate of drug-likeness (QED) is 0.653. The molecule has 1 aliphatic heterocycles. The second kappa shape index (κ2) is 6.60. The smallest absolute Gasteiger partial charge is 0.312 e. The SMILES string of the molecule is NC(=O)NCc1ccc(C(=O)N2CCc3ccc([N+](=O)[O-])cc32)cc1. The summed E-state index contributed by atoms with van der Waals surface area (Å²) in [5.41, 5.74) is 7.77. The van der Waals surface area contributed by atoms with Crippen LogP contribution in [0.25, 0.3) is 0 Å². The van der Waals surface area contributed by atoms with E-state index >= 15 is 0 Å². The predicted molar refractivity (Wildman–Crippen MR) is 91.3 cm³/mol. The number of nitro benzene ring substituents is 1. The zero-order valence-corrected chi connectivity index (χ0v) is 13.3. The number of nitrogens with two attached hydrogens (primary N) is 1. The summed E-state index contributed by atoms with van der Waals surface area (Å²) >= 11 is 0. The first-order chi connectivity index (χ1) is 12.0. The zero-order valence-electron chi connectivity index (χ0n) is 13.3. The van der Waals surface area contributed by atoms with Gasteiger partial charge in [-0.25, -0.2) is 4.79 Å². The van der Waals surface area contributed by atoms with Crippen molar-refractivity contribution in [1.29, 1.82) is 0 Å². The fourth-order valence-electron chi connectivity index (χ4n) is 2.80. The van der Waals surface area contributed by atoms with E-state index in [2.05, 4.69) is 5.32 Å². The second-order valence-corrected chi connectivity index (χ2v) is 5.69. The molecule has 8 nitrogen and oxygen atoms in total. The van der Waals surface area contributed by atoms with E-state index in [9.17, 15) is 19.7 Å². The number of benzene rings is 2. The summed E-state index contributed by atoms with van der Waals surface area (Å²) in [5, 5.41) is 13.4. The van der Waals surface area contributed by atoms with Gasteiger partial charge in [-0.15, -0.1) is 0 Å². The van der Waals surface area contributed by atoms with Gasteiger partial charge >= 0.3 is 6.03 Å². The molecular formula is C17H16N4O4. The molecule has 2 aromatic carbocycles. The van der Waals surface area contributed by atoms with Crippen molar-refractivity contribution in [3.8, 4) is 0 Å². The van der Waals surface area contributed by atoms with Crippen LogP contribution in [0.3, 0.4) is 0 Å². The first-order valence-electron chi connectivity index (χ1n) is 7.67. The van der Waals surface area contributed by atoms with Crippen LogP contribution in [-0.2, 0) is 13.0 Å². The van der Waals surface area contributed by atoms with E-state index < -0.39 is 11.0 Å². The minimum absolute atomic E-state index is 0.0358. The predicted octanol–water partition coefficient (Wildman–Crippen LogP) is 1.97. The van der Waals surface area contributed by atoms with Gasteiger partial charge < -0.3 is 16.0 Å². The first-order valence-corrected chi connectivity index (χ1v) is 7.67. The topological polar surface area (TPSA) is 119 Å². The Morgan fingerprint density at radius 2 is 1.92 bits per heavy atom. The Balaban J connectivity index is 1.80. The average Bonchev–Trinajstić information content (AvgIpc) is 3.02. The van der Waals surface area contributed by atoms with Crippen LogP contribution in [0.1, 0.15) is 21.5 Å². The molecule has 0 aromatic heterocycles. The number of fused-ring (bicyclic) bond motifs is 1. The van der Waals surface area contributed by atoms with Gasteiger partial charge in [-0.05, 0) is 29.7 Å². The summed E-state index contributed by atoms with van der Waals surface area (Å²) in [6, 6.07) is 10.8. The number of primary amides is 1. The third kappa shape index (κ3) is 3.42. The second-order valence-electron chi connectivity index (χ2n) is 5.69. The highest BCUT2D eigenvalue weighted by molar-refractivity contribution is 6.07. The van der Waals surface area contributed by atoms with Crippen molar-refractivity contribution in [1.82, 2.24) is 5.32 Å². The first kappa shape index (κ1) is 16.4. The standard InChI is InChI=1S/C17H16N4O4/c18-17(23)19-10-11-1-3-13(4-2-11)16(22)20-8-7-12-5-6-14(21(24)25)9-15(12)20/h1-6,9H,7-8,10H2,(H3,18,19,23). The Labute approximate surface area is 143 Å². The molecule has 0 radical (unpaired) electrons. The van der Waals surface area contributed by atoms with Gasteiger partial charge in [0.15, 0.2) is 0 Å². The molecule has 0 aliphatic carbocycles. The van der Waals surface area contributed by atoms with Crippen LogP contribution in [-0.4, -0.2) is 23.4 Å². The number of anilines is 1. The van der Waals surface area contributed by atoms with Gasteiger partial charge in [0.2, 0.25) is 0 Å². The van der Waals surface area contributed by atoms with E-state index in [0.29, 0.717) is 24.2 Å². The summed E-state index contributed by atoms with van der Waals surface area (Å²) in [4.78, 5) is 35.5. The van der Waals surface area contributed by atoms with Crippen molar-refractivity contribution >= 4 is 23.3 Å². The van der Waals surface area contributed by atoms with E-state index in [4.69, 9.17) is 5.73 Å². The number of non-ortho nitro benzene ring substituents is 1. The molecule has 0 bridgehead atoms. The highest BCUT2D eigenvalue weighted by Gasteiger charge is 2.27. The average molecular weight is 340 g/mol. The molecule has 0 unspecified atom stereocenters. The lowest BCUT2D eigenvalue weighted by atomic mass is 10.1. The van der Waals surface area contributed by atoms with Crippen LogP contribution >= 0.6 is 0 Å². The molecule has 25 heavy (non-hydrogen) atoms. The Kier molecular flexibility index (Phi) is 4.34. The summed E-state index contributed by atoms with van der Waals surface area (Å²) in [7, 11) is 0. The number of nitrogens with one attached hydrogen (secondary N) is 1. The van der Waals surface area contributed by atoms with Crippen LogP contribution in [0.2, 0.25) is 0 Å². The van der Waals surface area contributed by atoms with Crippen molar-refractivity contribution in [2.45, 2.75) is 13.0 Å². The van der Waals surface area contributed by atoms with Gasteiger partial charge in [0.1, 0.15) is 0 Å². The lowest BCUT2D eigenvalue weighted by molar-refractivity contribution is -0.384. The van der Waals surface area contributed by atoms with Gasteiger partial charge in [0.25, 0.3) is 11.6 Å². The van der Waals surface area contributed by atoms with E-state index in [1.165, 1.54) is 12.1 Å². The van der Waals surface area contributed by atoms with Crippen molar-refractivity contribution in [2.75, 3.05) is 11.4 Å². The number of amides is 3. The zero-order chi connectivity index (χ0) is 18.0. The minimum atomic E-state index is -0.615. The van der Waals surface area contributed by atoms with Gasteiger partial charge in [0.05, 0.1) is 10.6 Å². The molecule has 0 atom stereocenters. The Morgan fingerprint density at radius 3 is 2.56 bits per heavy atom. The summed E-state index contributed by atoms with van der Waals surface area (Å²) < 4.78 is 0. The lowest BCUT2D eigenvalue weighted by Crippen LogP contribution is -2.29. The summed E-state index contributed by atoms with van der Waals surface area (Å²) in [6.07, 6.45) is 0.666. The Bertz CT molecular complexity index is 848. The van der Waals surface area contributed by atoms with Gasteiger partial charge in [-0.3, -0.25) is 14.9 Å². The van der Waals surface area contributed by atoms with Crippen molar-refractivity contribution in [2.24, 2.45) is 5.73 Å². The largest absolute Gasteiger partial charge is 0.352 e. The third-order valence-corrected chi connectivity index (χ3v) is 4.09. The summed E-state index contributed by atoms with van der Waals surface area (Å²) in [5.74, 6) is -0.214. The molecule has 1 heterocycles. The van der Waals surface area contributed by atoms with Crippen molar-refractivity contribution in [3.05, 3.63) is 69.3 Å². The van der Waals surface area contributed by atoms with Crippen molar-refractivity contribution in [3.63, 3.8) is 0 Å². The van der Waals surface area contributed by atoms with Crippen LogP contribution in [0.5, 0.6) is 0 Å². The van der Waals surface area contributed by atoms with E-state index in [0.717, 1.165) is 11.1 Å². The third-order valence-electron chi connectivity index (χ3n) is 4.09. The van der Waals surface area contributed by atoms with Gasteiger partial charge in [-0.2, -0.15) is 0 Å². The maximum atomic E-state index is 12.7. The number of hydrogen-bond donors (Lipinski definition) is 2. The molecule has 3 N–H and O–H groups in total. The normalized spacial score (nSPS) is 12.6. The molecule has 0 spiro atoms. The number of nitro groups is 1. The maximum absolute atomic E-state index is 12.7. The molecule has 0 saturated carbocycles. The molecule has 0 fully saturated rings. The highest BCUT2D eigenvalue weighted by Crippen LogP contribution is 2.32. The van der Waals surface area contributed by atoms with Crippen molar-refractivity contribution < 1.29 is 14.5 Å². The highest BCUT2D eigenvalue weighted by atomic mass is 16.6. The van der Waals surface area contributed by atoms with E-state index in [1.807, 2.05) is 0 Å². The molecule has 1 aliphatic rings. The molecule has 3 rings (SSSR count). The van der Waals surface area contributed by atoms with Gasteiger partial charge in [-0.1, -0.05) is 18.2 Å². The number of carbonyl (C=O) groups is 2. The number of nitrogens with zero attached hydrogens (tertiary/aromatic N) is 2. The molecule has 8 heteroatoms. The van der Waals surface area contributed by atoms with Crippen LogP contribution in [0.15, 0.2) is 42.5 Å². The minimum Gasteiger partial charge on any atom is -0.352 e. The number of rotatable bonds is 4. The maximum Gasteiger partial charge on any atom is 0.312 e. The number of carbonyl (C=O) groups excluding carboxylic acids is 2. The van der Waals surface area contributed by atoms with Crippen LogP contribution in [0, 0.1) is 10.1 Å². The Hall–Kier alpha value is -3.42. The number of hydrogen-bond acceptors (Lipinski definition) is 4. The molecule has 2 aromatic rings. The van der Waals surface area contributed by atoms with E-state index in [-0.39, 0.29) is 18.1 Å². The molecular weight excluding hydrogens is 324 g/mol. The summed E-state index contributed by atoms with van der Waals surface area (Å²) in [6.45, 7) is 0.767. The molecule has 128 valence electrons. The van der Waals surface area contributed by atoms with Gasteiger partial charge in [0, 0.05) is 30.8 Å². The van der Waals surface area contributed by atoms with Crippen LogP contribution < -0.4 is 16.0 Å². The molecule has 3 amide bonds. The van der Waals surface area contributed by atoms with Crippen LogP contribution in [0.4, 0.5) is 16.2 Å². The fraction of sp³-hybridized carbons (Fsp3) is 0.176. The fourth-order valence-corrected chi connectivity index (χ4v) is 2.80. The number of urea groups is 1. The Morgan fingerprint density at radius 1 is 1.20 bits per heavy atom.